The Labute approximate surface area is 116 Å². The second-order valence-corrected chi connectivity index (χ2v) is 6.25. The largest absolute Gasteiger partial charge is 0.395 e. The fourth-order valence-corrected chi connectivity index (χ4v) is 3.99. The topological polar surface area (TPSA) is 32.3 Å². The quantitative estimate of drug-likeness (QED) is 0.871. The van der Waals surface area contributed by atoms with Crippen molar-refractivity contribution in [2.24, 2.45) is 11.8 Å². The van der Waals surface area contributed by atoms with E-state index in [9.17, 15) is 5.11 Å². The van der Waals surface area contributed by atoms with Gasteiger partial charge in [0.1, 0.15) is 0 Å². The molecule has 2 aliphatic carbocycles. The van der Waals surface area contributed by atoms with Crippen molar-refractivity contribution in [3.8, 4) is 0 Å². The van der Waals surface area contributed by atoms with Crippen molar-refractivity contribution in [3.05, 3.63) is 35.4 Å². The molecule has 2 heteroatoms. The van der Waals surface area contributed by atoms with Crippen molar-refractivity contribution in [3.63, 3.8) is 0 Å². The lowest BCUT2D eigenvalue weighted by atomic mass is 9.94. The van der Waals surface area contributed by atoms with Crippen molar-refractivity contribution in [2.75, 3.05) is 6.61 Å². The molecule has 1 aromatic rings. The van der Waals surface area contributed by atoms with Gasteiger partial charge in [0.25, 0.3) is 0 Å². The molecule has 2 nitrogen and oxygen atoms in total. The van der Waals surface area contributed by atoms with Crippen molar-refractivity contribution in [1.82, 2.24) is 5.32 Å². The lowest BCUT2D eigenvalue weighted by molar-refractivity contribution is 0.205. The standard InChI is InChI=1S/C17H25NO/c1-2-16(11-19)18-17-14-7-8-15(17)10-13-6-4-3-5-12(13)9-14/h3-6,14-19H,2,7-11H2,1H3/t14?,15?,16-,17?/m1/s1. The van der Waals surface area contributed by atoms with Gasteiger partial charge in [-0.15, -0.1) is 0 Å². The van der Waals surface area contributed by atoms with Gasteiger partial charge >= 0.3 is 0 Å². The SMILES string of the molecule is CC[C@H](CO)NC1C2CCC1Cc1ccccc1C2. The van der Waals surface area contributed by atoms with E-state index in [-0.39, 0.29) is 12.6 Å². The van der Waals surface area contributed by atoms with E-state index in [0.717, 1.165) is 18.3 Å². The molecule has 1 fully saturated rings. The second-order valence-electron chi connectivity index (χ2n) is 6.25. The van der Waals surface area contributed by atoms with Crippen LogP contribution in [0.3, 0.4) is 0 Å². The van der Waals surface area contributed by atoms with Crippen molar-refractivity contribution < 1.29 is 5.11 Å². The van der Waals surface area contributed by atoms with Gasteiger partial charge in [-0.25, -0.2) is 0 Å². The molecule has 0 heterocycles. The van der Waals surface area contributed by atoms with Crippen LogP contribution in [-0.4, -0.2) is 23.8 Å². The number of aliphatic hydroxyl groups is 1. The Kier molecular flexibility index (Phi) is 3.90. The first-order chi connectivity index (χ1) is 9.31. The number of aliphatic hydroxyl groups excluding tert-OH is 1. The Morgan fingerprint density at radius 3 is 2.21 bits per heavy atom. The molecule has 0 aromatic heterocycles. The minimum Gasteiger partial charge on any atom is -0.395 e. The van der Waals surface area contributed by atoms with Crippen molar-refractivity contribution >= 4 is 0 Å². The third kappa shape index (κ3) is 2.56. The number of benzene rings is 1. The van der Waals surface area contributed by atoms with E-state index in [1.807, 2.05) is 0 Å². The average molecular weight is 259 g/mol. The van der Waals surface area contributed by atoms with E-state index >= 15 is 0 Å². The molecule has 2 unspecified atom stereocenters. The minimum atomic E-state index is 0.263. The van der Waals surface area contributed by atoms with Crippen LogP contribution >= 0.6 is 0 Å². The maximum atomic E-state index is 9.43. The van der Waals surface area contributed by atoms with Gasteiger partial charge in [0.15, 0.2) is 0 Å². The van der Waals surface area contributed by atoms with Gasteiger partial charge in [-0.1, -0.05) is 31.2 Å². The highest BCUT2D eigenvalue weighted by Crippen LogP contribution is 2.40. The van der Waals surface area contributed by atoms with E-state index in [0.29, 0.717) is 6.04 Å². The van der Waals surface area contributed by atoms with Gasteiger partial charge in [0.2, 0.25) is 0 Å². The van der Waals surface area contributed by atoms with E-state index in [1.54, 1.807) is 11.1 Å². The highest BCUT2D eigenvalue weighted by atomic mass is 16.3. The highest BCUT2D eigenvalue weighted by molar-refractivity contribution is 5.30. The van der Waals surface area contributed by atoms with Crippen LogP contribution in [0.15, 0.2) is 24.3 Å². The molecule has 1 saturated carbocycles. The monoisotopic (exact) mass is 259 g/mol. The number of hydrogen-bond acceptors (Lipinski definition) is 2. The van der Waals surface area contributed by atoms with E-state index in [1.165, 1.54) is 25.7 Å². The van der Waals surface area contributed by atoms with Crippen LogP contribution in [0.4, 0.5) is 0 Å². The van der Waals surface area contributed by atoms with Gasteiger partial charge < -0.3 is 10.4 Å². The van der Waals surface area contributed by atoms with Gasteiger partial charge in [-0.3, -0.25) is 0 Å². The fraction of sp³-hybridized carbons (Fsp3) is 0.647. The normalized spacial score (nSPS) is 30.7. The van der Waals surface area contributed by atoms with Crippen LogP contribution in [0.2, 0.25) is 0 Å². The fourth-order valence-electron chi connectivity index (χ4n) is 3.99. The Morgan fingerprint density at radius 2 is 1.74 bits per heavy atom. The summed E-state index contributed by atoms with van der Waals surface area (Å²) in [6, 6.07) is 9.82. The lowest BCUT2D eigenvalue weighted by Crippen LogP contribution is -2.45. The summed E-state index contributed by atoms with van der Waals surface area (Å²) in [6.45, 7) is 2.42. The first-order valence-electron chi connectivity index (χ1n) is 7.75. The Morgan fingerprint density at radius 1 is 1.16 bits per heavy atom. The number of nitrogens with one attached hydrogen (secondary N) is 1. The molecule has 3 atom stereocenters. The third-order valence-corrected chi connectivity index (χ3v) is 5.15. The van der Waals surface area contributed by atoms with E-state index in [2.05, 4.69) is 36.5 Å². The van der Waals surface area contributed by atoms with Crippen molar-refractivity contribution in [2.45, 2.75) is 51.1 Å². The molecule has 0 spiro atoms. The van der Waals surface area contributed by atoms with Gasteiger partial charge in [0.05, 0.1) is 6.61 Å². The maximum absolute atomic E-state index is 9.43. The minimum absolute atomic E-state index is 0.263. The summed E-state index contributed by atoms with van der Waals surface area (Å²) in [5.74, 6) is 1.52. The molecule has 3 rings (SSSR count). The van der Waals surface area contributed by atoms with Crippen LogP contribution in [0.25, 0.3) is 0 Å². The molecular formula is C17H25NO. The van der Waals surface area contributed by atoms with Crippen LogP contribution in [0.1, 0.15) is 37.3 Å². The number of fused-ring (bicyclic) bond motifs is 3. The van der Waals surface area contributed by atoms with Crippen LogP contribution in [0, 0.1) is 11.8 Å². The first-order valence-corrected chi connectivity index (χ1v) is 7.75. The summed E-state index contributed by atoms with van der Waals surface area (Å²) < 4.78 is 0. The average Bonchev–Trinajstić information content (AvgIpc) is 2.70. The molecule has 0 radical (unpaired) electrons. The first kappa shape index (κ1) is 13.1. The summed E-state index contributed by atoms with van der Waals surface area (Å²) >= 11 is 0. The predicted octanol–water partition coefficient (Wildman–Crippen LogP) is 2.54. The molecule has 0 saturated heterocycles. The summed E-state index contributed by atoms with van der Waals surface area (Å²) in [5, 5.41) is 13.2. The second kappa shape index (κ2) is 5.64. The third-order valence-electron chi connectivity index (χ3n) is 5.15. The highest BCUT2D eigenvalue weighted by Gasteiger charge is 2.39. The Hall–Kier alpha value is -0.860. The van der Waals surface area contributed by atoms with Crippen LogP contribution in [0.5, 0.6) is 0 Å². The van der Waals surface area contributed by atoms with Gasteiger partial charge in [-0.2, -0.15) is 0 Å². The van der Waals surface area contributed by atoms with Crippen LogP contribution in [-0.2, 0) is 12.8 Å². The summed E-state index contributed by atoms with van der Waals surface area (Å²) in [7, 11) is 0. The summed E-state index contributed by atoms with van der Waals surface area (Å²) in [6.07, 6.45) is 6.13. The van der Waals surface area contributed by atoms with E-state index < -0.39 is 0 Å². The van der Waals surface area contributed by atoms with E-state index in [4.69, 9.17) is 0 Å². The lowest BCUT2D eigenvalue weighted by Gasteiger charge is -2.28. The van der Waals surface area contributed by atoms with Gasteiger partial charge in [-0.05, 0) is 55.1 Å². The summed E-state index contributed by atoms with van der Waals surface area (Å²) in [5.41, 5.74) is 3.11. The Balaban J connectivity index is 1.79. The number of rotatable bonds is 4. The zero-order valence-electron chi connectivity index (χ0n) is 11.8. The number of hydrogen-bond donors (Lipinski definition) is 2. The molecule has 2 N–H and O–H groups in total. The predicted molar refractivity (Wildman–Crippen MR) is 78.2 cm³/mol. The van der Waals surface area contributed by atoms with Crippen LogP contribution < -0.4 is 5.32 Å². The Bertz CT molecular complexity index is 394. The molecule has 19 heavy (non-hydrogen) atoms. The molecule has 0 amide bonds. The molecule has 1 aromatic carbocycles. The van der Waals surface area contributed by atoms with Gasteiger partial charge in [0, 0.05) is 12.1 Å². The molecule has 104 valence electrons. The smallest absolute Gasteiger partial charge is 0.0584 e. The molecule has 0 aliphatic heterocycles. The zero-order chi connectivity index (χ0) is 13.2. The summed E-state index contributed by atoms with van der Waals surface area (Å²) in [4.78, 5) is 0. The van der Waals surface area contributed by atoms with Crippen molar-refractivity contribution in [1.29, 1.82) is 0 Å². The zero-order valence-corrected chi connectivity index (χ0v) is 11.8. The molecule has 2 bridgehead atoms. The molecule has 2 aliphatic rings. The maximum Gasteiger partial charge on any atom is 0.0584 e. The molecular weight excluding hydrogens is 234 g/mol.